The molecule has 0 fully saturated rings. The molecule has 0 radical (unpaired) electrons. The molecule has 21 heavy (non-hydrogen) atoms. The molecular weight excluding hydrogens is 270 g/mol. The second kappa shape index (κ2) is 5.58. The molecular formula is C16H13NO4. The number of primary amides is 1. The highest BCUT2D eigenvalue weighted by Gasteiger charge is 2.16. The first-order valence-electron chi connectivity index (χ1n) is 6.18. The first-order chi connectivity index (χ1) is 9.95. The fraction of sp³-hybridized carbons (Fsp3) is 0.0625. The molecule has 106 valence electrons. The fourth-order valence-electron chi connectivity index (χ4n) is 2.27. The summed E-state index contributed by atoms with van der Waals surface area (Å²) in [4.78, 5) is 33.7. The monoisotopic (exact) mass is 283 g/mol. The molecule has 0 unspecified atom stereocenters. The molecule has 0 spiro atoms. The Hall–Kier alpha value is -2.95. The van der Waals surface area contributed by atoms with Crippen LogP contribution < -0.4 is 5.73 Å². The van der Waals surface area contributed by atoms with Gasteiger partial charge in [0.25, 0.3) is 0 Å². The van der Waals surface area contributed by atoms with E-state index in [1.807, 2.05) is 0 Å². The Morgan fingerprint density at radius 2 is 1.90 bits per heavy atom. The van der Waals surface area contributed by atoms with Crippen molar-refractivity contribution in [1.29, 1.82) is 0 Å². The average molecular weight is 283 g/mol. The number of benzene rings is 2. The topological polar surface area (TPSA) is 97.5 Å². The first-order valence-corrected chi connectivity index (χ1v) is 6.18. The van der Waals surface area contributed by atoms with Crippen molar-refractivity contribution in [3.8, 4) is 11.1 Å². The highest BCUT2D eigenvalue weighted by molar-refractivity contribution is 5.99. The Labute approximate surface area is 121 Å². The van der Waals surface area contributed by atoms with Crippen molar-refractivity contribution in [1.82, 2.24) is 0 Å². The van der Waals surface area contributed by atoms with Crippen molar-refractivity contribution in [3.05, 3.63) is 58.7 Å². The Morgan fingerprint density at radius 1 is 1.19 bits per heavy atom. The normalized spacial score (nSPS) is 10.1. The second-order valence-corrected chi connectivity index (χ2v) is 4.57. The van der Waals surface area contributed by atoms with Gasteiger partial charge in [0.05, 0.1) is 5.56 Å². The lowest BCUT2D eigenvalue weighted by Crippen LogP contribution is -2.11. The number of hydrogen-bond donors (Lipinski definition) is 2. The fourth-order valence-corrected chi connectivity index (χ4v) is 2.27. The van der Waals surface area contributed by atoms with Crippen molar-refractivity contribution in [2.24, 2.45) is 5.73 Å². The first kappa shape index (κ1) is 14.5. The van der Waals surface area contributed by atoms with Crippen molar-refractivity contribution in [2.75, 3.05) is 0 Å². The van der Waals surface area contributed by atoms with Gasteiger partial charge in [-0.1, -0.05) is 18.2 Å². The minimum Gasteiger partial charge on any atom is -0.478 e. The molecule has 0 aliphatic rings. The summed E-state index contributed by atoms with van der Waals surface area (Å²) in [5.41, 5.74) is 7.55. The number of carbonyl (C=O) groups is 3. The van der Waals surface area contributed by atoms with Crippen LogP contribution >= 0.6 is 0 Å². The van der Waals surface area contributed by atoms with Gasteiger partial charge in [-0.15, -0.1) is 0 Å². The maximum absolute atomic E-state index is 11.3. The van der Waals surface area contributed by atoms with E-state index in [1.165, 1.54) is 12.1 Å². The quantitative estimate of drug-likeness (QED) is 0.841. The summed E-state index contributed by atoms with van der Waals surface area (Å²) < 4.78 is 0. The number of carboxylic acids is 1. The summed E-state index contributed by atoms with van der Waals surface area (Å²) in [6.45, 7) is 1.63. The lowest BCUT2D eigenvalue weighted by Gasteiger charge is -2.12. The van der Waals surface area contributed by atoms with Crippen molar-refractivity contribution >= 4 is 18.2 Å². The lowest BCUT2D eigenvalue weighted by molar-refractivity contribution is 0.0695. The van der Waals surface area contributed by atoms with Gasteiger partial charge < -0.3 is 10.8 Å². The maximum atomic E-state index is 11.3. The van der Waals surface area contributed by atoms with Crippen molar-refractivity contribution in [2.45, 2.75) is 6.92 Å². The Kier molecular flexibility index (Phi) is 3.84. The second-order valence-electron chi connectivity index (χ2n) is 4.57. The van der Waals surface area contributed by atoms with Crippen LogP contribution in [0.4, 0.5) is 0 Å². The van der Waals surface area contributed by atoms with Gasteiger partial charge in [-0.25, -0.2) is 4.79 Å². The molecule has 0 aliphatic heterocycles. The maximum Gasteiger partial charge on any atom is 0.335 e. The standard InChI is InChI=1S/C16H13NO4/c1-9-13(16(20)21)6-5-12(8-18)14(9)10-3-2-4-11(7-10)15(17)19/h2-8H,1H3,(H2,17,19)(H,20,21). The SMILES string of the molecule is Cc1c(C(=O)O)ccc(C=O)c1-c1cccc(C(N)=O)c1. The summed E-state index contributed by atoms with van der Waals surface area (Å²) in [5.74, 6) is -1.66. The zero-order chi connectivity index (χ0) is 15.6. The van der Waals surface area contributed by atoms with E-state index in [9.17, 15) is 19.5 Å². The number of aromatic carboxylic acids is 1. The molecule has 3 N–H and O–H groups in total. The lowest BCUT2D eigenvalue weighted by atomic mass is 9.91. The number of nitrogens with two attached hydrogens (primary N) is 1. The molecule has 5 nitrogen and oxygen atoms in total. The van der Waals surface area contributed by atoms with Gasteiger partial charge in [0.2, 0.25) is 5.91 Å². The molecule has 5 heteroatoms. The van der Waals surface area contributed by atoms with Crippen LogP contribution in [0.2, 0.25) is 0 Å². The Balaban J connectivity index is 2.75. The molecule has 0 atom stereocenters. The van der Waals surface area contributed by atoms with Crippen molar-refractivity contribution < 1.29 is 19.5 Å². The van der Waals surface area contributed by atoms with Crippen LogP contribution in [0.15, 0.2) is 36.4 Å². The predicted octanol–water partition coefficient (Wildman–Crippen LogP) is 2.27. The number of hydrogen-bond acceptors (Lipinski definition) is 3. The molecule has 0 aromatic heterocycles. The van der Waals surface area contributed by atoms with Crippen LogP contribution in [0.25, 0.3) is 11.1 Å². The Bertz CT molecular complexity index is 750. The van der Waals surface area contributed by atoms with Gasteiger partial charge in [0, 0.05) is 11.1 Å². The smallest absolute Gasteiger partial charge is 0.335 e. The number of aldehydes is 1. The van der Waals surface area contributed by atoms with E-state index in [4.69, 9.17) is 5.73 Å². The van der Waals surface area contributed by atoms with Gasteiger partial charge in [-0.3, -0.25) is 9.59 Å². The van der Waals surface area contributed by atoms with Crippen LogP contribution in [0.1, 0.15) is 36.6 Å². The van der Waals surface area contributed by atoms with Gasteiger partial charge >= 0.3 is 5.97 Å². The molecule has 2 aromatic carbocycles. The van der Waals surface area contributed by atoms with Crippen LogP contribution in [-0.2, 0) is 0 Å². The van der Waals surface area contributed by atoms with Crippen LogP contribution in [0.5, 0.6) is 0 Å². The van der Waals surface area contributed by atoms with Gasteiger partial charge in [0.15, 0.2) is 6.29 Å². The highest BCUT2D eigenvalue weighted by atomic mass is 16.4. The molecule has 0 bridgehead atoms. The van der Waals surface area contributed by atoms with Gasteiger partial charge in [-0.05, 0) is 41.8 Å². The summed E-state index contributed by atoms with van der Waals surface area (Å²) in [6, 6.07) is 9.29. The highest BCUT2D eigenvalue weighted by Crippen LogP contribution is 2.29. The summed E-state index contributed by atoms with van der Waals surface area (Å²) in [7, 11) is 0. The molecule has 0 saturated heterocycles. The van der Waals surface area contributed by atoms with Crippen molar-refractivity contribution in [3.63, 3.8) is 0 Å². The van der Waals surface area contributed by atoms with Crippen LogP contribution in [0.3, 0.4) is 0 Å². The predicted molar refractivity (Wildman–Crippen MR) is 77.5 cm³/mol. The van der Waals surface area contributed by atoms with Gasteiger partial charge in [-0.2, -0.15) is 0 Å². The largest absolute Gasteiger partial charge is 0.478 e. The number of carboxylic acid groups (broad SMARTS) is 1. The summed E-state index contributed by atoms with van der Waals surface area (Å²) in [6.07, 6.45) is 0.658. The number of amides is 1. The average Bonchev–Trinajstić information content (AvgIpc) is 2.46. The van der Waals surface area contributed by atoms with Crippen LogP contribution in [-0.4, -0.2) is 23.3 Å². The van der Waals surface area contributed by atoms with E-state index >= 15 is 0 Å². The zero-order valence-corrected chi connectivity index (χ0v) is 11.3. The molecule has 1 amide bonds. The minimum absolute atomic E-state index is 0.111. The Morgan fingerprint density at radius 3 is 2.48 bits per heavy atom. The molecule has 0 heterocycles. The molecule has 2 rings (SSSR count). The molecule has 2 aromatic rings. The zero-order valence-electron chi connectivity index (χ0n) is 11.3. The van der Waals surface area contributed by atoms with E-state index in [0.717, 1.165) is 0 Å². The van der Waals surface area contributed by atoms with E-state index < -0.39 is 11.9 Å². The summed E-state index contributed by atoms with van der Waals surface area (Å²) >= 11 is 0. The molecule has 0 aliphatic carbocycles. The molecule has 0 saturated carbocycles. The number of carbonyl (C=O) groups excluding carboxylic acids is 2. The van der Waals surface area contributed by atoms with E-state index in [2.05, 4.69) is 0 Å². The third-order valence-electron chi connectivity index (χ3n) is 3.29. The minimum atomic E-state index is -1.07. The van der Waals surface area contributed by atoms with E-state index in [-0.39, 0.29) is 5.56 Å². The third kappa shape index (κ3) is 2.67. The number of rotatable bonds is 4. The van der Waals surface area contributed by atoms with Crippen LogP contribution in [0, 0.1) is 6.92 Å². The third-order valence-corrected chi connectivity index (χ3v) is 3.29. The van der Waals surface area contributed by atoms with Gasteiger partial charge in [0.1, 0.15) is 0 Å². The van der Waals surface area contributed by atoms with E-state index in [0.29, 0.717) is 34.1 Å². The summed E-state index contributed by atoms with van der Waals surface area (Å²) in [5, 5.41) is 9.18. The van der Waals surface area contributed by atoms with E-state index in [1.54, 1.807) is 31.2 Å².